The number of primary amides is 1. The maximum absolute atomic E-state index is 14.0. The third-order valence-electron chi connectivity index (χ3n) is 5.07. The monoisotopic (exact) mass is 662 g/mol. The minimum Gasteiger partial charge on any atom is -0.368 e. The molecule has 2 amide bonds. The molecule has 1 atom stereocenters. The van der Waals surface area contributed by atoms with Crippen LogP contribution in [0.2, 0.25) is 0 Å². The number of nitrogens with zero attached hydrogens (tertiary/aromatic N) is 2. The SMILES string of the molecule is NC(=O)[C@H](Cc1ccc(C(F)(F)P(=O)(O)O)c(Br)c1)NC(=O)c1cc(Br)cc(C2(C(F)(F)F)N=N2)c1. The van der Waals surface area contributed by atoms with Crippen LogP contribution in [0.25, 0.3) is 0 Å². The van der Waals surface area contributed by atoms with Gasteiger partial charge in [-0.25, -0.2) is 0 Å². The van der Waals surface area contributed by atoms with Crippen LogP contribution >= 0.6 is 39.5 Å². The Labute approximate surface area is 215 Å². The Balaban J connectivity index is 1.83. The average molecular weight is 664 g/mol. The molecule has 0 radical (unpaired) electrons. The minimum absolute atomic E-state index is 0.104. The van der Waals surface area contributed by atoms with Gasteiger partial charge in [0.2, 0.25) is 5.91 Å². The van der Waals surface area contributed by atoms with Crippen molar-refractivity contribution in [1.82, 2.24) is 5.32 Å². The van der Waals surface area contributed by atoms with Crippen molar-refractivity contribution in [2.75, 3.05) is 0 Å². The number of halogens is 7. The van der Waals surface area contributed by atoms with Crippen molar-refractivity contribution in [3.05, 3.63) is 67.6 Å². The van der Waals surface area contributed by atoms with Gasteiger partial charge in [0.05, 0.1) is 0 Å². The maximum Gasteiger partial charge on any atom is 0.442 e. The number of nitrogens with one attached hydrogen (secondary N) is 1. The second-order valence-electron chi connectivity index (χ2n) is 7.63. The van der Waals surface area contributed by atoms with E-state index in [1.54, 1.807) is 0 Å². The van der Waals surface area contributed by atoms with Gasteiger partial charge >= 0.3 is 25.1 Å². The summed E-state index contributed by atoms with van der Waals surface area (Å²) in [5, 5.41) is 8.42. The van der Waals surface area contributed by atoms with Crippen molar-refractivity contribution >= 4 is 51.3 Å². The fourth-order valence-electron chi connectivity index (χ4n) is 3.15. The van der Waals surface area contributed by atoms with Crippen molar-refractivity contribution < 1.29 is 45.9 Å². The lowest BCUT2D eigenvalue weighted by Crippen LogP contribution is -2.46. The van der Waals surface area contributed by atoms with Gasteiger partial charge < -0.3 is 20.8 Å². The van der Waals surface area contributed by atoms with Gasteiger partial charge in [-0.05, 0) is 29.8 Å². The predicted octanol–water partition coefficient (Wildman–Crippen LogP) is 4.45. The molecule has 0 unspecified atom stereocenters. The highest BCUT2D eigenvalue weighted by Gasteiger charge is 2.65. The average Bonchev–Trinajstić information content (AvgIpc) is 3.54. The van der Waals surface area contributed by atoms with Gasteiger partial charge in [-0.3, -0.25) is 14.2 Å². The fraction of sp³-hybridized carbons (Fsp3) is 0.263. The van der Waals surface area contributed by atoms with Crippen molar-refractivity contribution in [2.45, 2.75) is 30.0 Å². The first-order chi connectivity index (χ1) is 16.4. The smallest absolute Gasteiger partial charge is 0.368 e. The summed E-state index contributed by atoms with van der Waals surface area (Å²) in [6, 6.07) is 4.60. The van der Waals surface area contributed by atoms with Crippen LogP contribution in [-0.4, -0.2) is 33.8 Å². The second kappa shape index (κ2) is 9.56. The first kappa shape index (κ1) is 28.3. The van der Waals surface area contributed by atoms with E-state index in [9.17, 15) is 36.1 Å². The summed E-state index contributed by atoms with van der Waals surface area (Å²) in [5.74, 6) is -2.01. The number of hydrogen-bond donors (Lipinski definition) is 4. The third kappa shape index (κ3) is 5.52. The summed E-state index contributed by atoms with van der Waals surface area (Å²) in [6.45, 7) is 0. The molecule has 194 valence electrons. The molecule has 0 saturated heterocycles. The Kier molecular flexibility index (Phi) is 7.52. The van der Waals surface area contributed by atoms with Gasteiger partial charge in [0, 0.05) is 32.1 Å². The lowest BCUT2D eigenvalue weighted by molar-refractivity contribution is -0.166. The molecule has 5 N–H and O–H groups in total. The van der Waals surface area contributed by atoms with Crippen LogP contribution in [0.15, 0.2) is 55.6 Å². The molecule has 0 bridgehead atoms. The lowest BCUT2D eigenvalue weighted by atomic mass is 9.99. The van der Waals surface area contributed by atoms with E-state index in [1.165, 1.54) is 6.07 Å². The summed E-state index contributed by atoms with van der Waals surface area (Å²) in [6.07, 6.45) is -5.17. The van der Waals surface area contributed by atoms with E-state index < -0.39 is 54.1 Å². The Morgan fingerprint density at radius 2 is 1.69 bits per heavy atom. The zero-order valence-electron chi connectivity index (χ0n) is 17.4. The van der Waals surface area contributed by atoms with Crippen LogP contribution in [0.5, 0.6) is 0 Å². The van der Waals surface area contributed by atoms with Crippen molar-refractivity contribution in [3.8, 4) is 0 Å². The highest BCUT2D eigenvalue weighted by Crippen LogP contribution is 2.60. The van der Waals surface area contributed by atoms with Crippen LogP contribution in [0, 0.1) is 0 Å². The largest absolute Gasteiger partial charge is 0.442 e. The number of alkyl halides is 5. The molecule has 0 aliphatic carbocycles. The molecule has 1 aliphatic heterocycles. The molecule has 2 aromatic carbocycles. The fourth-order valence-corrected chi connectivity index (χ4v) is 4.98. The molecule has 2 aromatic rings. The van der Waals surface area contributed by atoms with Gasteiger partial charge in [-0.1, -0.05) is 44.0 Å². The molecular weight excluding hydrogens is 650 g/mol. The standard InChI is InChI=1S/C19H14Br2F5N4O5P/c20-11-6-9(5-10(7-11)17(29-30-17)19(24,25)26)16(32)28-14(15(27)31)4-8-1-2-12(13(21)3-8)18(22,23)36(33,34)35/h1-3,5-7,14H,4H2,(H2,27,31)(H,28,32)(H2,33,34,35)/t14-/m0/s1. The van der Waals surface area contributed by atoms with Gasteiger partial charge in [0.25, 0.3) is 5.91 Å². The Bertz CT molecular complexity index is 1310. The second-order valence-corrected chi connectivity index (χ2v) is 11.1. The number of carbonyl (C=O) groups is 2. The summed E-state index contributed by atoms with van der Waals surface area (Å²) in [5.41, 5.74) is -3.51. The molecule has 17 heteroatoms. The van der Waals surface area contributed by atoms with Crippen molar-refractivity contribution in [1.29, 1.82) is 0 Å². The van der Waals surface area contributed by atoms with Crippen LogP contribution in [0.1, 0.15) is 27.0 Å². The van der Waals surface area contributed by atoms with E-state index in [-0.39, 0.29) is 26.5 Å². The molecular formula is C19H14Br2F5N4O5P. The highest BCUT2D eigenvalue weighted by molar-refractivity contribution is 9.10. The summed E-state index contributed by atoms with van der Waals surface area (Å²) in [7, 11) is -5.84. The van der Waals surface area contributed by atoms with E-state index in [0.29, 0.717) is 0 Å². The van der Waals surface area contributed by atoms with Crippen LogP contribution < -0.4 is 11.1 Å². The van der Waals surface area contributed by atoms with Gasteiger partial charge in [0.1, 0.15) is 6.04 Å². The van der Waals surface area contributed by atoms with Crippen LogP contribution in [-0.2, 0) is 27.1 Å². The molecule has 0 aromatic heterocycles. The van der Waals surface area contributed by atoms with E-state index in [1.807, 2.05) is 0 Å². The van der Waals surface area contributed by atoms with E-state index >= 15 is 0 Å². The van der Waals surface area contributed by atoms with Crippen LogP contribution in [0.4, 0.5) is 22.0 Å². The van der Waals surface area contributed by atoms with Crippen molar-refractivity contribution in [2.24, 2.45) is 16.0 Å². The molecule has 3 rings (SSSR count). The maximum atomic E-state index is 14.0. The van der Waals surface area contributed by atoms with E-state index in [4.69, 9.17) is 15.5 Å². The predicted molar refractivity (Wildman–Crippen MR) is 121 cm³/mol. The Morgan fingerprint density at radius 1 is 1.08 bits per heavy atom. The number of hydrogen-bond acceptors (Lipinski definition) is 5. The molecule has 1 aliphatic rings. The minimum atomic E-state index is -5.84. The zero-order valence-corrected chi connectivity index (χ0v) is 21.5. The number of carbonyl (C=O) groups excluding carboxylic acids is 2. The normalized spacial score (nSPS) is 15.9. The topological polar surface area (TPSA) is 154 Å². The molecule has 0 fully saturated rings. The summed E-state index contributed by atoms with van der Waals surface area (Å²) >= 11 is 5.82. The van der Waals surface area contributed by atoms with Crippen molar-refractivity contribution in [3.63, 3.8) is 0 Å². The molecule has 9 nitrogen and oxygen atoms in total. The zero-order chi connectivity index (χ0) is 27.3. The summed E-state index contributed by atoms with van der Waals surface area (Å²) < 4.78 is 78.9. The van der Waals surface area contributed by atoms with E-state index in [0.717, 1.165) is 30.3 Å². The Morgan fingerprint density at radius 3 is 2.17 bits per heavy atom. The van der Waals surface area contributed by atoms with Crippen LogP contribution in [0.3, 0.4) is 0 Å². The summed E-state index contributed by atoms with van der Waals surface area (Å²) in [4.78, 5) is 42.5. The molecule has 36 heavy (non-hydrogen) atoms. The highest BCUT2D eigenvalue weighted by atomic mass is 79.9. The number of rotatable bonds is 8. The lowest BCUT2D eigenvalue weighted by Gasteiger charge is -2.21. The van der Waals surface area contributed by atoms with Gasteiger partial charge in [-0.15, -0.1) is 10.2 Å². The van der Waals surface area contributed by atoms with Gasteiger partial charge in [-0.2, -0.15) is 22.0 Å². The van der Waals surface area contributed by atoms with E-state index in [2.05, 4.69) is 47.4 Å². The molecule has 0 saturated carbocycles. The third-order valence-corrected chi connectivity index (χ3v) is 7.16. The molecule has 1 heterocycles. The Hall–Kier alpha value is -2.26. The number of amides is 2. The molecule has 0 spiro atoms. The number of benzene rings is 2. The quantitative estimate of drug-likeness (QED) is 0.243. The first-order valence-electron chi connectivity index (χ1n) is 9.53. The number of nitrogens with two attached hydrogens (primary N) is 1. The first-order valence-corrected chi connectivity index (χ1v) is 12.7. The van der Waals surface area contributed by atoms with Gasteiger partial charge in [0.15, 0.2) is 0 Å².